The van der Waals surface area contributed by atoms with Crippen LogP contribution in [0.4, 0.5) is 0 Å². The van der Waals surface area contributed by atoms with Gasteiger partial charge in [0.25, 0.3) is 0 Å². The Bertz CT molecular complexity index is 706. The Morgan fingerprint density at radius 2 is 2.00 bits per heavy atom. The van der Waals surface area contributed by atoms with Crippen molar-refractivity contribution < 1.29 is 13.9 Å². The van der Waals surface area contributed by atoms with Crippen molar-refractivity contribution >= 4 is 16.9 Å². The van der Waals surface area contributed by atoms with E-state index in [0.29, 0.717) is 23.2 Å². The molecule has 2 bridgehead atoms. The molecule has 3 heterocycles. The number of benzene rings is 1. The van der Waals surface area contributed by atoms with E-state index >= 15 is 0 Å². The maximum Gasteiger partial charge on any atom is 0.342 e. The number of furan rings is 1. The van der Waals surface area contributed by atoms with E-state index in [1.54, 1.807) is 12.3 Å². The highest BCUT2D eigenvalue weighted by molar-refractivity contribution is 6.02. The maximum atomic E-state index is 12.6. The number of nitrogens with zero attached hydrogens (tertiary/aromatic N) is 1. The molecule has 22 heavy (non-hydrogen) atoms. The summed E-state index contributed by atoms with van der Waals surface area (Å²) in [7, 11) is 2.19. The Morgan fingerprint density at radius 3 is 2.73 bits per heavy atom. The lowest BCUT2D eigenvalue weighted by molar-refractivity contribution is -0.000353. The molecule has 0 amide bonds. The molecular weight excluding hydrogens is 278 g/mol. The summed E-state index contributed by atoms with van der Waals surface area (Å²) in [6, 6.07) is 6.79. The number of hydrogen-bond donors (Lipinski definition) is 0. The van der Waals surface area contributed by atoms with Gasteiger partial charge in [-0.3, -0.25) is 0 Å². The fraction of sp³-hybridized carbons (Fsp3) is 0.500. The summed E-state index contributed by atoms with van der Waals surface area (Å²) in [6.45, 7) is 1.98. The molecular formula is C18H21NO3. The zero-order valence-corrected chi connectivity index (χ0v) is 13.0. The van der Waals surface area contributed by atoms with Crippen LogP contribution in [0.15, 0.2) is 28.9 Å². The summed E-state index contributed by atoms with van der Waals surface area (Å²) in [5, 5.41) is 0.984. The van der Waals surface area contributed by atoms with Gasteiger partial charge in [-0.25, -0.2) is 4.79 Å². The molecule has 1 aromatic carbocycles. The summed E-state index contributed by atoms with van der Waals surface area (Å²) in [5.74, 6) is -0.256. The standard InChI is InChI=1S/C18H21NO3/c1-11-10-21-17-15(11)4-3-5-16(17)18(20)22-14-8-12-6-7-13(9-14)19(12)2/h3-5,10,12-14H,6-9H2,1-2H3/t12-,13+,14?. The predicted octanol–water partition coefficient (Wildman–Crippen LogP) is 3.52. The van der Waals surface area contributed by atoms with Crippen molar-refractivity contribution in [2.75, 3.05) is 7.05 Å². The Labute approximate surface area is 130 Å². The van der Waals surface area contributed by atoms with E-state index in [9.17, 15) is 4.79 Å². The third-order valence-electron chi connectivity index (χ3n) is 5.34. The van der Waals surface area contributed by atoms with Crippen LogP contribution >= 0.6 is 0 Å². The monoisotopic (exact) mass is 299 g/mol. The number of piperidine rings is 1. The van der Waals surface area contributed by atoms with Crippen molar-refractivity contribution in [2.45, 2.75) is 50.8 Å². The number of esters is 1. The van der Waals surface area contributed by atoms with E-state index in [1.807, 2.05) is 19.1 Å². The van der Waals surface area contributed by atoms with Gasteiger partial charge >= 0.3 is 5.97 Å². The number of fused-ring (bicyclic) bond motifs is 3. The van der Waals surface area contributed by atoms with Crippen LogP contribution < -0.4 is 0 Å². The molecule has 3 atom stereocenters. The topological polar surface area (TPSA) is 42.7 Å². The molecule has 2 saturated heterocycles. The number of ether oxygens (including phenoxy) is 1. The zero-order chi connectivity index (χ0) is 15.3. The van der Waals surface area contributed by atoms with Crippen LogP contribution in [0, 0.1) is 6.92 Å². The van der Waals surface area contributed by atoms with E-state index in [-0.39, 0.29) is 12.1 Å². The average Bonchev–Trinajstić information content (AvgIpc) is 2.96. The van der Waals surface area contributed by atoms with Crippen LogP contribution in [-0.2, 0) is 4.74 Å². The fourth-order valence-corrected chi connectivity index (χ4v) is 4.02. The molecule has 1 aromatic heterocycles. The van der Waals surface area contributed by atoms with Crippen molar-refractivity contribution in [3.63, 3.8) is 0 Å². The first kappa shape index (κ1) is 13.8. The van der Waals surface area contributed by atoms with Crippen LogP contribution in [0.5, 0.6) is 0 Å². The molecule has 4 heteroatoms. The van der Waals surface area contributed by atoms with Gasteiger partial charge < -0.3 is 14.1 Å². The Morgan fingerprint density at radius 1 is 1.27 bits per heavy atom. The largest absolute Gasteiger partial charge is 0.463 e. The molecule has 2 aliphatic rings. The lowest BCUT2D eigenvalue weighted by Gasteiger charge is -2.35. The van der Waals surface area contributed by atoms with Gasteiger partial charge in [-0.05, 0) is 38.4 Å². The first-order chi connectivity index (χ1) is 10.6. The second kappa shape index (κ2) is 5.13. The zero-order valence-electron chi connectivity index (χ0n) is 13.0. The Hall–Kier alpha value is -1.81. The van der Waals surface area contributed by atoms with Crippen LogP contribution in [-0.4, -0.2) is 36.1 Å². The van der Waals surface area contributed by atoms with Gasteiger partial charge in [0.1, 0.15) is 17.3 Å². The molecule has 0 aliphatic carbocycles. The molecule has 4 rings (SSSR count). The molecule has 0 spiro atoms. The van der Waals surface area contributed by atoms with E-state index in [1.165, 1.54) is 12.8 Å². The van der Waals surface area contributed by atoms with Crippen molar-refractivity contribution in [2.24, 2.45) is 0 Å². The van der Waals surface area contributed by atoms with Gasteiger partial charge in [0.15, 0.2) is 0 Å². The first-order valence-electron chi connectivity index (χ1n) is 8.03. The van der Waals surface area contributed by atoms with Gasteiger partial charge in [0, 0.05) is 30.3 Å². The highest BCUT2D eigenvalue weighted by Crippen LogP contribution is 2.36. The summed E-state index contributed by atoms with van der Waals surface area (Å²) in [5.41, 5.74) is 2.22. The number of carbonyl (C=O) groups is 1. The van der Waals surface area contributed by atoms with Crippen molar-refractivity contribution in [3.8, 4) is 0 Å². The summed E-state index contributed by atoms with van der Waals surface area (Å²) >= 11 is 0. The van der Waals surface area contributed by atoms with Crippen molar-refractivity contribution in [1.82, 2.24) is 4.90 Å². The van der Waals surface area contributed by atoms with Crippen LogP contribution in [0.3, 0.4) is 0 Å². The van der Waals surface area contributed by atoms with Crippen LogP contribution in [0.1, 0.15) is 41.6 Å². The second-order valence-corrected chi connectivity index (χ2v) is 6.65. The lowest BCUT2D eigenvalue weighted by atomic mass is 10.0. The minimum Gasteiger partial charge on any atom is -0.463 e. The molecule has 2 aliphatic heterocycles. The SMILES string of the molecule is Cc1coc2c(C(=O)OC3C[C@H]4CC[C@@H](C3)N4C)cccc12. The van der Waals surface area contributed by atoms with Gasteiger partial charge in [0.05, 0.1) is 6.26 Å². The smallest absolute Gasteiger partial charge is 0.342 e. The Balaban J connectivity index is 1.55. The highest BCUT2D eigenvalue weighted by atomic mass is 16.5. The molecule has 2 aromatic rings. The molecule has 1 unspecified atom stereocenters. The average molecular weight is 299 g/mol. The molecule has 116 valence electrons. The normalized spacial score (nSPS) is 28.2. The third-order valence-corrected chi connectivity index (χ3v) is 5.34. The quantitative estimate of drug-likeness (QED) is 0.796. The van der Waals surface area contributed by atoms with E-state index < -0.39 is 0 Å². The second-order valence-electron chi connectivity index (χ2n) is 6.65. The van der Waals surface area contributed by atoms with Crippen LogP contribution in [0.25, 0.3) is 11.0 Å². The van der Waals surface area contributed by atoms with E-state index in [0.717, 1.165) is 23.8 Å². The van der Waals surface area contributed by atoms with Crippen LogP contribution in [0.2, 0.25) is 0 Å². The summed E-state index contributed by atoms with van der Waals surface area (Å²) in [4.78, 5) is 15.0. The minimum absolute atomic E-state index is 0.0347. The molecule has 0 saturated carbocycles. The fourth-order valence-electron chi connectivity index (χ4n) is 4.02. The van der Waals surface area contributed by atoms with Crippen molar-refractivity contribution in [3.05, 3.63) is 35.6 Å². The first-order valence-corrected chi connectivity index (χ1v) is 8.03. The number of aryl methyl sites for hydroxylation is 1. The van der Waals surface area contributed by atoms with E-state index in [2.05, 4.69) is 11.9 Å². The minimum atomic E-state index is -0.256. The van der Waals surface area contributed by atoms with Gasteiger partial charge in [-0.15, -0.1) is 0 Å². The van der Waals surface area contributed by atoms with E-state index in [4.69, 9.17) is 9.15 Å². The third kappa shape index (κ3) is 2.13. The summed E-state index contributed by atoms with van der Waals surface area (Å²) in [6.07, 6.45) is 6.08. The predicted molar refractivity (Wildman–Crippen MR) is 84.0 cm³/mol. The van der Waals surface area contributed by atoms with Crippen molar-refractivity contribution in [1.29, 1.82) is 0 Å². The lowest BCUT2D eigenvalue weighted by Crippen LogP contribution is -2.43. The van der Waals surface area contributed by atoms with Gasteiger partial charge in [-0.2, -0.15) is 0 Å². The molecule has 0 radical (unpaired) electrons. The summed E-state index contributed by atoms with van der Waals surface area (Å²) < 4.78 is 11.4. The van der Waals surface area contributed by atoms with Gasteiger partial charge in [-0.1, -0.05) is 12.1 Å². The maximum absolute atomic E-state index is 12.6. The number of hydrogen-bond acceptors (Lipinski definition) is 4. The number of para-hydroxylation sites is 1. The molecule has 2 fully saturated rings. The highest BCUT2D eigenvalue weighted by Gasteiger charge is 2.40. The molecule has 4 nitrogen and oxygen atoms in total. The molecule has 0 N–H and O–H groups in total. The number of carbonyl (C=O) groups excluding carboxylic acids is 1. The Kier molecular flexibility index (Phi) is 3.22. The van der Waals surface area contributed by atoms with Gasteiger partial charge in [0.2, 0.25) is 0 Å². The number of rotatable bonds is 2.